The molecule has 0 radical (unpaired) electrons. The van der Waals surface area contributed by atoms with Gasteiger partial charge in [0, 0.05) is 42.8 Å². The number of hydrogen-bond acceptors (Lipinski definition) is 3. The Balaban J connectivity index is 1.62. The first kappa shape index (κ1) is 21.1. The lowest BCUT2D eigenvalue weighted by Gasteiger charge is -2.36. The Morgan fingerprint density at radius 3 is 2.17 bits per heavy atom. The standard InChI is InChI=1S/C22H25ClFN3O2/c1-22(2,3)21(29)25-17-8-9-19(18(23)14-17)26-10-12-27(13-11-26)20(28)15-4-6-16(24)7-5-15/h4-9,14H,10-13H2,1-3H3,(H,25,29). The SMILES string of the molecule is CC(C)(C)C(=O)Nc1ccc(N2CCN(C(=O)c3ccc(F)cc3)CC2)c(Cl)c1. The highest BCUT2D eigenvalue weighted by molar-refractivity contribution is 6.33. The second kappa shape index (κ2) is 8.41. The van der Waals surface area contributed by atoms with Gasteiger partial charge in [-0.25, -0.2) is 4.39 Å². The molecule has 0 unspecified atom stereocenters. The summed E-state index contributed by atoms with van der Waals surface area (Å²) in [7, 11) is 0. The minimum absolute atomic E-state index is 0.0748. The number of nitrogens with zero attached hydrogens (tertiary/aromatic N) is 2. The highest BCUT2D eigenvalue weighted by Crippen LogP contribution is 2.30. The second-order valence-corrected chi connectivity index (χ2v) is 8.56. The van der Waals surface area contributed by atoms with Gasteiger partial charge >= 0.3 is 0 Å². The van der Waals surface area contributed by atoms with Gasteiger partial charge in [-0.2, -0.15) is 0 Å². The molecule has 1 fully saturated rings. The van der Waals surface area contributed by atoms with Crippen LogP contribution in [0.2, 0.25) is 5.02 Å². The number of rotatable bonds is 3. The smallest absolute Gasteiger partial charge is 0.253 e. The van der Waals surface area contributed by atoms with E-state index in [9.17, 15) is 14.0 Å². The summed E-state index contributed by atoms with van der Waals surface area (Å²) < 4.78 is 13.1. The number of halogens is 2. The van der Waals surface area contributed by atoms with Crippen molar-refractivity contribution < 1.29 is 14.0 Å². The summed E-state index contributed by atoms with van der Waals surface area (Å²) in [6.07, 6.45) is 0. The molecule has 1 aliphatic heterocycles. The van der Waals surface area contributed by atoms with E-state index in [-0.39, 0.29) is 17.6 Å². The van der Waals surface area contributed by atoms with Crippen molar-refractivity contribution in [2.75, 3.05) is 36.4 Å². The molecule has 7 heteroatoms. The van der Waals surface area contributed by atoms with Crippen molar-refractivity contribution in [2.45, 2.75) is 20.8 Å². The predicted molar refractivity (Wildman–Crippen MR) is 114 cm³/mol. The van der Waals surface area contributed by atoms with Gasteiger partial charge in [0.2, 0.25) is 5.91 Å². The minimum Gasteiger partial charge on any atom is -0.367 e. The van der Waals surface area contributed by atoms with Crippen LogP contribution < -0.4 is 10.2 Å². The molecule has 0 aromatic heterocycles. The Labute approximate surface area is 175 Å². The van der Waals surface area contributed by atoms with Gasteiger partial charge in [-0.1, -0.05) is 32.4 Å². The summed E-state index contributed by atoms with van der Waals surface area (Å²) in [4.78, 5) is 28.6. The summed E-state index contributed by atoms with van der Waals surface area (Å²) >= 11 is 6.46. The predicted octanol–water partition coefficient (Wildman–Crippen LogP) is 4.43. The molecule has 2 amide bonds. The third-order valence-electron chi connectivity index (χ3n) is 4.89. The van der Waals surface area contributed by atoms with E-state index in [1.807, 2.05) is 32.9 Å². The maximum Gasteiger partial charge on any atom is 0.253 e. The van der Waals surface area contributed by atoms with Crippen LogP contribution in [0.5, 0.6) is 0 Å². The van der Waals surface area contributed by atoms with E-state index in [4.69, 9.17) is 11.6 Å². The molecule has 1 aliphatic rings. The van der Waals surface area contributed by atoms with Crippen molar-refractivity contribution in [2.24, 2.45) is 5.41 Å². The summed E-state index contributed by atoms with van der Waals surface area (Å²) in [5, 5.41) is 3.43. The lowest BCUT2D eigenvalue weighted by Crippen LogP contribution is -2.48. The lowest BCUT2D eigenvalue weighted by atomic mass is 9.95. The van der Waals surface area contributed by atoms with Gasteiger partial charge in [0.15, 0.2) is 0 Å². The Bertz CT molecular complexity index is 901. The Morgan fingerprint density at radius 1 is 1.00 bits per heavy atom. The zero-order valence-electron chi connectivity index (χ0n) is 16.8. The number of anilines is 2. The molecule has 154 valence electrons. The maximum atomic E-state index is 13.1. The Hall–Kier alpha value is -2.60. The summed E-state index contributed by atoms with van der Waals surface area (Å²) in [6.45, 7) is 7.94. The molecule has 0 spiro atoms. The van der Waals surface area contributed by atoms with E-state index < -0.39 is 5.41 Å². The molecule has 5 nitrogen and oxygen atoms in total. The van der Waals surface area contributed by atoms with Crippen LogP contribution in [0.4, 0.5) is 15.8 Å². The van der Waals surface area contributed by atoms with Crippen molar-refractivity contribution in [1.82, 2.24) is 4.90 Å². The maximum absolute atomic E-state index is 13.1. The van der Waals surface area contributed by atoms with Crippen molar-refractivity contribution in [3.05, 3.63) is 58.9 Å². The van der Waals surface area contributed by atoms with Crippen molar-refractivity contribution >= 4 is 34.8 Å². The molecule has 0 saturated carbocycles. The van der Waals surface area contributed by atoms with Crippen molar-refractivity contribution in [3.8, 4) is 0 Å². The molecule has 2 aromatic rings. The first-order valence-corrected chi connectivity index (χ1v) is 9.94. The van der Waals surface area contributed by atoms with Crippen LogP contribution in [0.25, 0.3) is 0 Å². The lowest BCUT2D eigenvalue weighted by molar-refractivity contribution is -0.123. The highest BCUT2D eigenvalue weighted by Gasteiger charge is 2.24. The van der Waals surface area contributed by atoms with Crippen molar-refractivity contribution in [1.29, 1.82) is 0 Å². The third-order valence-corrected chi connectivity index (χ3v) is 5.19. The molecule has 3 rings (SSSR count). The first-order valence-electron chi connectivity index (χ1n) is 9.56. The highest BCUT2D eigenvalue weighted by atomic mass is 35.5. The molecule has 1 heterocycles. The van der Waals surface area contributed by atoms with Gasteiger partial charge in [-0.15, -0.1) is 0 Å². The van der Waals surface area contributed by atoms with Crippen LogP contribution in [-0.2, 0) is 4.79 Å². The molecule has 0 bridgehead atoms. The quantitative estimate of drug-likeness (QED) is 0.803. The van der Waals surface area contributed by atoms with E-state index in [1.165, 1.54) is 24.3 Å². The summed E-state index contributed by atoms with van der Waals surface area (Å²) in [5.41, 5.74) is 1.52. The fourth-order valence-electron chi connectivity index (χ4n) is 3.09. The largest absolute Gasteiger partial charge is 0.367 e. The molecular formula is C22H25ClFN3O2. The monoisotopic (exact) mass is 417 g/mol. The van der Waals surface area contributed by atoms with E-state index in [2.05, 4.69) is 10.2 Å². The summed E-state index contributed by atoms with van der Waals surface area (Å²) in [6, 6.07) is 11.1. The van der Waals surface area contributed by atoms with Gasteiger partial charge in [0.1, 0.15) is 5.82 Å². The topological polar surface area (TPSA) is 52.7 Å². The van der Waals surface area contributed by atoms with Gasteiger partial charge in [0.25, 0.3) is 5.91 Å². The second-order valence-electron chi connectivity index (χ2n) is 8.16. The van der Waals surface area contributed by atoms with E-state index in [0.29, 0.717) is 42.5 Å². The van der Waals surface area contributed by atoms with Crippen molar-refractivity contribution in [3.63, 3.8) is 0 Å². The Morgan fingerprint density at radius 2 is 1.62 bits per heavy atom. The fraction of sp³-hybridized carbons (Fsp3) is 0.364. The van der Waals surface area contributed by atoms with E-state index in [0.717, 1.165) is 5.69 Å². The average Bonchev–Trinajstić information content (AvgIpc) is 2.68. The zero-order chi connectivity index (χ0) is 21.2. The van der Waals surface area contributed by atoms with Crippen LogP contribution >= 0.6 is 11.6 Å². The number of piperazine rings is 1. The van der Waals surface area contributed by atoms with Crippen LogP contribution in [-0.4, -0.2) is 42.9 Å². The van der Waals surface area contributed by atoms with Gasteiger partial charge in [0.05, 0.1) is 10.7 Å². The molecule has 2 aromatic carbocycles. The fourth-order valence-corrected chi connectivity index (χ4v) is 3.39. The number of nitrogens with one attached hydrogen (secondary N) is 1. The average molecular weight is 418 g/mol. The number of benzene rings is 2. The van der Waals surface area contributed by atoms with Crippen LogP contribution in [0.1, 0.15) is 31.1 Å². The molecule has 29 heavy (non-hydrogen) atoms. The van der Waals surface area contributed by atoms with Crippen LogP contribution in [0, 0.1) is 11.2 Å². The first-order chi connectivity index (χ1) is 13.6. The molecule has 1 N–H and O–H groups in total. The normalized spacial score (nSPS) is 14.7. The number of hydrogen-bond donors (Lipinski definition) is 1. The molecule has 1 saturated heterocycles. The van der Waals surface area contributed by atoms with E-state index >= 15 is 0 Å². The number of carbonyl (C=O) groups is 2. The minimum atomic E-state index is -0.488. The molecule has 0 aliphatic carbocycles. The zero-order valence-corrected chi connectivity index (χ0v) is 17.6. The van der Waals surface area contributed by atoms with Gasteiger partial charge in [-0.05, 0) is 42.5 Å². The van der Waals surface area contributed by atoms with Crippen LogP contribution in [0.3, 0.4) is 0 Å². The Kier molecular flexibility index (Phi) is 6.13. The summed E-state index contributed by atoms with van der Waals surface area (Å²) in [5.74, 6) is -0.534. The van der Waals surface area contributed by atoms with Gasteiger partial charge in [-0.3, -0.25) is 9.59 Å². The van der Waals surface area contributed by atoms with E-state index in [1.54, 1.807) is 11.0 Å². The third kappa shape index (κ3) is 5.07. The number of carbonyl (C=O) groups excluding carboxylic acids is 2. The number of amides is 2. The van der Waals surface area contributed by atoms with Crippen LogP contribution in [0.15, 0.2) is 42.5 Å². The van der Waals surface area contributed by atoms with Gasteiger partial charge < -0.3 is 15.1 Å². The molecule has 0 atom stereocenters. The molecular weight excluding hydrogens is 393 g/mol.